The minimum absolute atomic E-state index is 0.00601. The van der Waals surface area contributed by atoms with Gasteiger partial charge in [-0.05, 0) is 54.4 Å². The lowest BCUT2D eigenvalue weighted by molar-refractivity contribution is -0.117. The van der Waals surface area contributed by atoms with Gasteiger partial charge in [-0.1, -0.05) is 53.5 Å². The van der Waals surface area contributed by atoms with E-state index < -0.39 is 0 Å². The van der Waals surface area contributed by atoms with Crippen molar-refractivity contribution in [2.45, 2.75) is 25.8 Å². The summed E-state index contributed by atoms with van der Waals surface area (Å²) in [5.41, 5.74) is 5.00. The molecule has 1 saturated heterocycles. The SMILES string of the molecule is Cc1cccc(N2CC(c3nc4ccccc4n3Cc3ccc(Cl)cc3Cl)CC2=O)c1. The zero-order valence-corrected chi connectivity index (χ0v) is 18.6. The first-order chi connectivity index (χ1) is 15.0. The highest BCUT2D eigenvalue weighted by Gasteiger charge is 2.35. The number of aromatic nitrogens is 2. The molecule has 1 fully saturated rings. The zero-order chi connectivity index (χ0) is 21.5. The van der Waals surface area contributed by atoms with E-state index in [-0.39, 0.29) is 11.8 Å². The van der Waals surface area contributed by atoms with E-state index in [9.17, 15) is 4.79 Å². The molecule has 0 aliphatic carbocycles. The summed E-state index contributed by atoms with van der Waals surface area (Å²) in [6.07, 6.45) is 0.436. The smallest absolute Gasteiger partial charge is 0.227 e. The van der Waals surface area contributed by atoms with Gasteiger partial charge < -0.3 is 9.47 Å². The summed E-state index contributed by atoms with van der Waals surface area (Å²) < 4.78 is 2.18. The highest BCUT2D eigenvalue weighted by atomic mass is 35.5. The third-order valence-electron chi connectivity index (χ3n) is 5.83. The third kappa shape index (κ3) is 3.82. The average molecular weight is 450 g/mol. The number of nitrogens with zero attached hydrogens (tertiary/aromatic N) is 3. The van der Waals surface area contributed by atoms with Crippen LogP contribution < -0.4 is 4.90 Å². The van der Waals surface area contributed by atoms with Gasteiger partial charge in [0.25, 0.3) is 0 Å². The van der Waals surface area contributed by atoms with Crippen LogP contribution in [0.3, 0.4) is 0 Å². The fourth-order valence-corrected chi connectivity index (χ4v) is 4.79. The molecule has 0 saturated carbocycles. The Morgan fingerprint density at radius 2 is 1.87 bits per heavy atom. The molecular weight excluding hydrogens is 429 g/mol. The van der Waals surface area contributed by atoms with Crippen LogP contribution in [0.4, 0.5) is 5.69 Å². The van der Waals surface area contributed by atoms with Gasteiger partial charge >= 0.3 is 0 Å². The van der Waals surface area contributed by atoms with Crippen molar-refractivity contribution in [3.8, 4) is 0 Å². The van der Waals surface area contributed by atoms with Gasteiger partial charge in [-0.15, -0.1) is 0 Å². The molecule has 3 aromatic carbocycles. The Labute approximate surface area is 191 Å². The summed E-state index contributed by atoms with van der Waals surface area (Å²) in [6.45, 7) is 3.22. The fraction of sp³-hybridized carbons (Fsp3) is 0.200. The van der Waals surface area contributed by atoms with Crippen LogP contribution in [0, 0.1) is 6.92 Å². The highest BCUT2D eigenvalue weighted by Crippen LogP contribution is 2.34. The molecule has 0 spiro atoms. The van der Waals surface area contributed by atoms with Gasteiger partial charge in [0.05, 0.1) is 17.6 Å². The summed E-state index contributed by atoms with van der Waals surface area (Å²) in [6, 6.07) is 21.7. The lowest BCUT2D eigenvalue weighted by atomic mass is 10.1. The Morgan fingerprint density at radius 1 is 1.03 bits per heavy atom. The Kier molecular flexibility index (Phi) is 5.20. The summed E-state index contributed by atoms with van der Waals surface area (Å²) in [5, 5.41) is 1.24. The number of carbonyl (C=O) groups is 1. The number of para-hydroxylation sites is 2. The molecule has 1 aliphatic heterocycles. The minimum Gasteiger partial charge on any atom is -0.323 e. The molecule has 31 heavy (non-hydrogen) atoms. The van der Waals surface area contributed by atoms with Gasteiger partial charge in [-0.2, -0.15) is 0 Å². The van der Waals surface area contributed by atoms with E-state index in [0.717, 1.165) is 33.7 Å². The quantitative estimate of drug-likeness (QED) is 0.370. The maximum atomic E-state index is 12.9. The molecule has 0 bridgehead atoms. The monoisotopic (exact) mass is 449 g/mol. The number of hydrogen-bond acceptors (Lipinski definition) is 2. The van der Waals surface area contributed by atoms with Crippen molar-refractivity contribution in [2.24, 2.45) is 0 Å². The van der Waals surface area contributed by atoms with Crippen molar-refractivity contribution < 1.29 is 4.79 Å². The maximum absolute atomic E-state index is 12.9. The molecule has 156 valence electrons. The molecule has 1 amide bonds. The number of imidazole rings is 1. The summed E-state index contributed by atoms with van der Waals surface area (Å²) in [4.78, 5) is 19.7. The second kappa shape index (κ2) is 8.03. The number of fused-ring (bicyclic) bond motifs is 1. The van der Waals surface area contributed by atoms with E-state index >= 15 is 0 Å². The van der Waals surface area contributed by atoms with Crippen LogP contribution in [-0.4, -0.2) is 22.0 Å². The Morgan fingerprint density at radius 3 is 2.68 bits per heavy atom. The topological polar surface area (TPSA) is 38.1 Å². The van der Waals surface area contributed by atoms with Crippen LogP contribution >= 0.6 is 23.2 Å². The molecule has 4 nitrogen and oxygen atoms in total. The molecule has 1 aliphatic rings. The first-order valence-corrected chi connectivity index (χ1v) is 11.0. The molecule has 1 atom stereocenters. The number of benzene rings is 3. The van der Waals surface area contributed by atoms with E-state index in [1.165, 1.54) is 0 Å². The van der Waals surface area contributed by atoms with E-state index in [2.05, 4.69) is 16.7 Å². The average Bonchev–Trinajstić information content (AvgIpc) is 3.31. The van der Waals surface area contributed by atoms with Crippen molar-refractivity contribution in [1.29, 1.82) is 0 Å². The van der Waals surface area contributed by atoms with E-state index in [0.29, 0.717) is 29.6 Å². The minimum atomic E-state index is 0.00601. The molecule has 6 heteroatoms. The number of aryl methyl sites for hydroxylation is 1. The van der Waals surface area contributed by atoms with Crippen LogP contribution in [0.15, 0.2) is 66.7 Å². The van der Waals surface area contributed by atoms with Gasteiger partial charge in [0.15, 0.2) is 0 Å². The number of hydrogen-bond donors (Lipinski definition) is 0. The Hall–Kier alpha value is -2.82. The Balaban J connectivity index is 1.54. The first-order valence-electron chi connectivity index (χ1n) is 10.3. The molecular formula is C25H21Cl2N3O. The van der Waals surface area contributed by atoms with Gasteiger partial charge in [0.1, 0.15) is 5.82 Å². The number of carbonyl (C=O) groups excluding carboxylic acids is 1. The van der Waals surface area contributed by atoms with Crippen molar-refractivity contribution in [1.82, 2.24) is 9.55 Å². The molecule has 2 heterocycles. The summed E-state index contributed by atoms with van der Waals surface area (Å²) in [5.74, 6) is 1.04. The molecule has 1 unspecified atom stereocenters. The lowest BCUT2D eigenvalue weighted by Crippen LogP contribution is -2.24. The molecule has 0 radical (unpaired) electrons. The largest absolute Gasteiger partial charge is 0.323 e. The van der Waals surface area contributed by atoms with Crippen LogP contribution in [0.5, 0.6) is 0 Å². The van der Waals surface area contributed by atoms with Gasteiger partial charge in [0, 0.05) is 34.6 Å². The van der Waals surface area contributed by atoms with Crippen LogP contribution in [0.1, 0.15) is 29.3 Å². The summed E-state index contributed by atoms with van der Waals surface area (Å²) in [7, 11) is 0. The molecule has 4 aromatic rings. The van der Waals surface area contributed by atoms with E-state index in [1.54, 1.807) is 6.07 Å². The van der Waals surface area contributed by atoms with Crippen LogP contribution in [-0.2, 0) is 11.3 Å². The van der Waals surface area contributed by atoms with Crippen LogP contribution in [0.25, 0.3) is 11.0 Å². The molecule has 1 aromatic heterocycles. The van der Waals surface area contributed by atoms with Crippen molar-refractivity contribution in [3.05, 3.63) is 93.7 Å². The predicted octanol–water partition coefficient (Wildman–Crippen LogP) is 6.22. The number of halogens is 2. The van der Waals surface area contributed by atoms with Crippen molar-refractivity contribution in [3.63, 3.8) is 0 Å². The number of anilines is 1. The maximum Gasteiger partial charge on any atom is 0.227 e. The lowest BCUT2D eigenvalue weighted by Gasteiger charge is -2.18. The van der Waals surface area contributed by atoms with E-state index in [4.69, 9.17) is 28.2 Å². The normalized spacial score (nSPS) is 16.4. The van der Waals surface area contributed by atoms with Crippen molar-refractivity contribution >= 4 is 45.8 Å². The first kappa shape index (κ1) is 20.1. The van der Waals surface area contributed by atoms with Gasteiger partial charge in [-0.25, -0.2) is 4.98 Å². The number of amides is 1. The molecule has 0 N–H and O–H groups in total. The highest BCUT2D eigenvalue weighted by molar-refractivity contribution is 6.35. The number of rotatable bonds is 4. The zero-order valence-electron chi connectivity index (χ0n) is 17.1. The van der Waals surface area contributed by atoms with Gasteiger partial charge in [-0.3, -0.25) is 4.79 Å². The summed E-state index contributed by atoms with van der Waals surface area (Å²) >= 11 is 12.6. The third-order valence-corrected chi connectivity index (χ3v) is 6.42. The van der Waals surface area contributed by atoms with Crippen molar-refractivity contribution in [2.75, 3.05) is 11.4 Å². The molecule has 5 rings (SSSR count). The predicted molar refractivity (Wildman–Crippen MR) is 126 cm³/mol. The standard InChI is InChI=1S/C25H21Cl2N3O/c1-16-5-4-6-20(11-16)29-15-18(12-24(29)31)25-28-22-7-2-3-8-23(22)30(25)14-17-9-10-19(26)13-21(17)27/h2-11,13,18H,12,14-15H2,1H3. The van der Waals surface area contributed by atoms with Gasteiger partial charge in [0.2, 0.25) is 5.91 Å². The second-order valence-corrected chi connectivity index (χ2v) is 8.87. The fourth-order valence-electron chi connectivity index (χ4n) is 4.32. The van der Waals surface area contributed by atoms with E-state index in [1.807, 2.05) is 60.4 Å². The van der Waals surface area contributed by atoms with Crippen LogP contribution in [0.2, 0.25) is 10.0 Å². The Bertz CT molecular complexity index is 1300. The second-order valence-electron chi connectivity index (χ2n) is 8.02.